The van der Waals surface area contributed by atoms with Gasteiger partial charge in [0.1, 0.15) is 6.10 Å². The van der Waals surface area contributed by atoms with Crippen LogP contribution in [0.3, 0.4) is 0 Å². The number of ether oxygens (including phenoxy) is 1. The average molecular weight is 201 g/mol. The Morgan fingerprint density at radius 3 is 2.71 bits per heavy atom. The lowest BCUT2D eigenvalue weighted by Crippen LogP contribution is -2.49. The van der Waals surface area contributed by atoms with Crippen molar-refractivity contribution in [3.05, 3.63) is 0 Å². The molecule has 1 saturated heterocycles. The number of aliphatic hydroxyl groups excluding tert-OH is 1. The van der Waals surface area contributed by atoms with E-state index in [-0.39, 0.29) is 18.1 Å². The van der Waals surface area contributed by atoms with Crippen molar-refractivity contribution in [2.24, 2.45) is 0 Å². The van der Waals surface area contributed by atoms with Crippen molar-refractivity contribution in [3.8, 4) is 0 Å². The first-order chi connectivity index (χ1) is 6.56. The van der Waals surface area contributed by atoms with Gasteiger partial charge in [-0.05, 0) is 26.7 Å². The number of carbonyl (C=O) groups excluding carboxylic acids is 1. The van der Waals surface area contributed by atoms with Crippen molar-refractivity contribution in [3.63, 3.8) is 0 Å². The van der Waals surface area contributed by atoms with E-state index in [1.54, 1.807) is 12.0 Å². The molecule has 1 N–H and O–H groups in total. The van der Waals surface area contributed by atoms with Crippen LogP contribution in [0.1, 0.15) is 26.7 Å². The van der Waals surface area contributed by atoms with Gasteiger partial charge in [-0.25, -0.2) is 0 Å². The molecule has 0 aliphatic carbocycles. The van der Waals surface area contributed by atoms with Crippen LogP contribution in [-0.2, 0) is 9.53 Å². The van der Waals surface area contributed by atoms with Gasteiger partial charge in [-0.15, -0.1) is 0 Å². The summed E-state index contributed by atoms with van der Waals surface area (Å²) >= 11 is 0. The van der Waals surface area contributed by atoms with Gasteiger partial charge in [-0.2, -0.15) is 0 Å². The summed E-state index contributed by atoms with van der Waals surface area (Å²) in [5, 5.41) is 9.19. The van der Waals surface area contributed by atoms with Crippen LogP contribution in [-0.4, -0.2) is 47.8 Å². The second kappa shape index (κ2) is 4.75. The highest BCUT2D eigenvalue weighted by atomic mass is 16.5. The molecule has 4 nitrogen and oxygen atoms in total. The first kappa shape index (κ1) is 11.5. The van der Waals surface area contributed by atoms with Crippen molar-refractivity contribution >= 4 is 5.91 Å². The van der Waals surface area contributed by atoms with Gasteiger partial charge in [0.05, 0.1) is 6.10 Å². The van der Waals surface area contributed by atoms with Crippen molar-refractivity contribution in [1.29, 1.82) is 0 Å². The van der Waals surface area contributed by atoms with Gasteiger partial charge in [0.25, 0.3) is 5.91 Å². The van der Waals surface area contributed by atoms with Crippen molar-refractivity contribution < 1.29 is 14.6 Å². The molecular weight excluding hydrogens is 182 g/mol. The van der Waals surface area contributed by atoms with Crippen LogP contribution in [0.25, 0.3) is 0 Å². The Morgan fingerprint density at radius 2 is 2.29 bits per heavy atom. The number of likely N-dealkylation sites (tertiary alicyclic amines) is 1. The van der Waals surface area contributed by atoms with Gasteiger partial charge >= 0.3 is 0 Å². The molecule has 0 spiro atoms. The largest absolute Gasteiger partial charge is 0.384 e. The van der Waals surface area contributed by atoms with Crippen LogP contribution in [0.4, 0.5) is 0 Å². The third kappa shape index (κ3) is 2.45. The molecule has 1 aliphatic rings. The maximum Gasteiger partial charge on any atom is 0.251 e. The van der Waals surface area contributed by atoms with Crippen LogP contribution < -0.4 is 0 Å². The zero-order chi connectivity index (χ0) is 10.7. The molecule has 1 rings (SSSR count). The van der Waals surface area contributed by atoms with Gasteiger partial charge < -0.3 is 14.7 Å². The van der Waals surface area contributed by atoms with Crippen LogP contribution in [0.2, 0.25) is 0 Å². The number of amides is 1. The first-order valence-corrected chi connectivity index (χ1v) is 5.07. The van der Waals surface area contributed by atoms with E-state index in [1.807, 2.05) is 6.92 Å². The minimum absolute atomic E-state index is 0.163. The van der Waals surface area contributed by atoms with Gasteiger partial charge in [0.2, 0.25) is 0 Å². The highest BCUT2D eigenvalue weighted by molar-refractivity contribution is 5.80. The van der Waals surface area contributed by atoms with Gasteiger partial charge in [0.15, 0.2) is 0 Å². The highest BCUT2D eigenvalue weighted by Crippen LogP contribution is 2.19. The summed E-state index contributed by atoms with van der Waals surface area (Å²) in [7, 11) is 1.70. The van der Waals surface area contributed by atoms with E-state index in [2.05, 4.69) is 0 Å². The Balaban J connectivity index is 2.53. The SMILES string of the molecule is CO[C@H]1CCN(C(=O)[C@@H](C)O)[C@@H](C)C1. The van der Waals surface area contributed by atoms with E-state index in [0.29, 0.717) is 6.54 Å². The molecule has 0 aromatic carbocycles. The molecule has 1 aliphatic heterocycles. The molecule has 4 heteroatoms. The lowest BCUT2D eigenvalue weighted by atomic mass is 10.00. The summed E-state index contributed by atoms with van der Waals surface area (Å²) in [4.78, 5) is 13.3. The van der Waals surface area contributed by atoms with Crippen LogP contribution in [0, 0.1) is 0 Å². The van der Waals surface area contributed by atoms with E-state index in [1.165, 1.54) is 6.92 Å². The van der Waals surface area contributed by atoms with Crippen molar-refractivity contribution in [2.75, 3.05) is 13.7 Å². The summed E-state index contributed by atoms with van der Waals surface area (Å²) in [6, 6.07) is 0.163. The monoisotopic (exact) mass is 201 g/mol. The molecule has 0 unspecified atom stereocenters. The number of carbonyl (C=O) groups is 1. The minimum atomic E-state index is -0.892. The molecule has 0 bridgehead atoms. The van der Waals surface area contributed by atoms with Gasteiger partial charge in [-0.3, -0.25) is 4.79 Å². The van der Waals surface area contributed by atoms with E-state index in [4.69, 9.17) is 4.74 Å². The molecular formula is C10H19NO3. The summed E-state index contributed by atoms with van der Waals surface area (Å²) in [6.45, 7) is 4.19. The number of piperidine rings is 1. The molecule has 0 aromatic rings. The molecule has 1 amide bonds. The standard InChI is InChI=1S/C10H19NO3/c1-7-6-9(14-3)4-5-11(7)10(13)8(2)12/h7-9,12H,4-6H2,1-3H3/t7-,8+,9-/m0/s1. The first-order valence-electron chi connectivity index (χ1n) is 5.07. The Morgan fingerprint density at radius 1 is 1.64 bits per heavy atom. The molecule has 0 aromatic heterocycles. The second-order valence-corrected chi connectivity index (χ2v) is 3.94. The molecule has 1 heterocycles. The summed E-state index contributed by atoms with van der Waals surface area (Å²) in [5.41, 5.74) is 0. The van der Waals surface area contributed by atoms with E-state index in [9.17, 15) is 9.90 Å². The molecule has 14 heavy (non-hydrogen) atoms. The number of hydrogen-bond donors (Lipinski definition) is 1. The van der Waals surface area contributed by atoms with Crippen LogP contribution in [0.5, 0.6) is 0 Å². The molecule has 0 radical (unpaired) electrons. The topological polar surface area (TPSA) is 49.8 Å². The zero-order valence-corrected chi connectivity index (χ0v) is 9.06. The fraction of sp³-hybridized carbons (Fsp3) is 0.900. The van der Waals surface area contributed by atoms with Gasteiger partial charge in [-0.1, -0.05) is 0 Å². The smallest absolute Gasteiger partial charge is 0.251 e. The average Bonchev–Trinajstić information content (AvgIpc) is 2.16. The fourth-order valence-electron chi connectivity index (χ4n) is 1.91. The summed E-state index contributed by atoms with van der Waals surface area (Å²) in [6.07, 6.45) is 1.08. The summed E-state index contributed by atoms with van der Waals surface area (Å²) < 4.78 is 5.25. The Kier molecular flexibility index (Phi) is 3.89. The number of aliphatic hydroxyl groups is 1. The number of rotatable bonds is 2. The van der Waals surface area contributed by atoms with E-state index < -0.39 is 6.10 Å². The summed E-state index contributed by atoms with van der Waals surface area (Å²) in [5.74, 6) is -0.174. The molecule has 1 fully saturated rings. The van der Waals surface area contributed by atoms with Crippen molar-refractivity contribution in [2.45, 2.75) is 44.9 Å². The van der Waals surface area contributed by atoms with Crippen LogP contribution in [0.15, 0.2) is 0 Å². The predicted molar refractivity (Wildman–Crippen MR) is 52.9 cm³/mol. The Labute approximate surface area is 84.8 Å². The third-order valence-corrected chi connectivity index (χ3v) is 2.80. The lowest BCUT2D eigenvalue weighted by molar-refractivity contribution is -0.144. The number of methoxy groups -OCH3 is 1. The van der Waals surface area contributed by atoms with E-state index in [0.717, 1.165) is 12.8 Å². The number of hydrogen-bond acceptors (Lipinski definition) is 3. The Hall–Kier alpha value is -0.610. The minimum Gasteiger partial charge on any atom is -0.384 e. The predicted octanol–water partition coefficient (Wildman–Crippen LogP) is 0.393. The number of nitrogens with zero attached hydrogens (tertiary/aromatic N) is 1. The molecule has 3 atom stereocenters. The maximum atomic E-state index is 11.5. The quantitative estimate of drug-likeness (QED) is 0.703. The highest BCUT2D eigenvalue weighted by Gasteiger charge is 2.30. The normalized spacial score (nSPS) is 30.1. The van der Waals surface area contributed by atoms with Gasteiger partial charge in [0, 0.05) is 19.7 Å². The molecule has 0 saturated carbocycles. The molecule has 82 valence electrons. The maximum absolute atomic E-state index is 11.5. The lowest BCUT2D eigenvalue weighted by Gasteiger charge is -2.37. The van der Waals surface area contributed by atoms with E-state index >= 15 is 0 Å². The van der Waals surface area contributed by atoms with Crippen LogP contribution >= 0.6 is 0 Å². The van der Waals surface area contributed by atoms with Crippen molar-refractivity contribution in [1.82, 2.24) is 4.90 Å². The fourth-order valence-corrected chi connectivity index (χ4v) is 1.91. The third-order valence-electron chi connectivity index (χ3n) is 2.80. The Bertz CT molecular complexity index is 206. The second-order valence-electron chi connectivity index (χ2n) is 3.94. The zero-order valence-electron chi connectivity index (χ0n) is 9.06.